The van der Waals surface area contributed by atoms with Crippen LogP contribution in [0.2, 0.25) is 0 Å². The van der Waals surface area contributed by atoms with Crippen LogP contribution in [-0.4, -0.2) is 59.6 Å². The summed E-state index contributed by atoms with van der Waals surface area (Å²) in [6.07, 6.45) is 0.501. The monoisotopic (exact) mass is 429 g/mol. The number of hydrogen-bond acceptors (Lipinski definition) is 6. The summed E-state index contributed by atoms with van der Waals surface area (Å²) in [5.41, 5.74) is 1.74. The smallest absolute Gasteiger partial charge is 0.336 e. The first-order valence-electron chi connectivity index (χ1n) is 10.4. The second-order valence-electron chi connectivity index (χ2n) is 7.62. The zero-order valence-corrected chi connectivity index (χ0v) is 17.5. The van der Waals surface area contributed by atoms with Crippen molar-refractivity contribution in [3.63, 3.8) is 0 Å². The van der Waals surface area contributed by atoms with Crippen molar-refractivity contribution in [1.82, 2.24) is 9.88 Å². The highest BCUT2D eigenvalue weighted by molar-refractivity contribution is 6.08. The molecule has 2 heterocycles. The molecule has 3 aromatic rings. The summed E-state index contributed by atoms with van der Waals surface area (Å²) < 4.78 is 0. The van der Waals surface area contributed by atoms with Crippen molar-refractivity contribution >= 4 is 34.3 Å². The molecule has 1 aliphatic heterocycles. The Balaban J connectivity index is 1.58. The van der Waals surface area contributed by atoms with Gasteiger partial charge < -0.3 is 15.3 Å². The van der Waals surface area contributed by atoms with E-state index < -0.39 is 5.97 Å². The number of rotatable bonds is 6. The SMILES string of the molecule is N#CCCN1CCN(c2cc(C(=O)O)c3cc(NC(=O)c4ccccc4)ccc3n2)CC1. The van der Waals surface area contributed by atoms with Crippen LogP contribution >= 0.6 is 0 Å². The molecule has 8 heteroatoms. The third-order valence-electron chi connectivity index (χ3n) is 5.56. The number of carbonyl (C=O) groups is 2. The Hall–Kier alpha value is -3.96. The van der Waals surface area contributed by atoms with Gasteiger partial charge in [0.05, 0.1) is 17.1 Å². The van der Waals surface area contributed by atoms with Crippen LogP contribution in [0, 0.1) is 11.3 Å². The predicted octanol–water partition coefficient (Wildman–Crippen LogP) is 3.22. The maximum Gasteiger partial charge on any atom is 0.336 e. The quantitative estimate of drug-likeness (QED) is 0.619. The molecule has 32 heavy (non-hydrogen) atoms. The molecule has 1 aliphatic rings. The molecule has 0 spiro atoms. The van der Waals surface area contributed by atoms with E-state index in [1.54, 1.807) is 48.5 Å². The van der Waals surface area contributed by atoms with Crippen LogP contribution in [0.3, 0.4) is 0 Å². The van der Waals surface area contributed by atoms with Gasteiger partial charge in [-0.25, -0.2) is 9.78 Å². The number of nitriles is 1. The van der Waals surface area contributed by atoms with Crippen LogP contribution in [0.1, 0.15) is 27.1 Å². The summed E-state index contributed by atoms with van der Waals surface area (Å²) in [5, 5.41) is 21.9. The molecule has 0 aliphatic carbocycles. The lowest BCUT2D eigenvalue weighted by Crippen LogP contribution is -2.46. The Morgan fingerprint density at radius 1 is 1.06 bits per heavy atom. The molecule has 1 saturated heterocycles. The minimum atomic E-state index is -1.04. The van der Waals surface area contributed by atoms with E-state index >= 15 is 0 Å². The van der Waals surface area contributed by atoms with Crippen molar-refractivity contribution in [2.24, 2.45) is 0 Å². The number of anilines is 2. The Morgan fingerprint density at radius 3 is 2.50 bits per heavy atom. The first-order chi connectivity index (χ1) is 15.5. The van der Waals surface area contributed by atoms with Gasteiger partial charge in [-0.1, -0.05) is 18.2 Å². The maximum atomic E-state index is 12.5. The molecule has 0 saturated carbocycles. The minimum Gasteiger partial charge on any atom is -0.478 e. The highest BCUT2D eigenvalue weighted by atomic mass is 16.4. The third-order valence-corrected chi connectivity index (χ3v) is 5.56. The normalized spacial score (nSPS) is 14.2. The number of carbonyl (C=O) groups excluding carboxylic acids is 1. The highest BCUT2D eigenvalue weighted by Gasteiger charge is 2.21. The highest BCUT2D eigenvalue weighted by Crippen LogP contribution is 2.27. The standard InChI is InChI=1S/C24H23N5O3/c25-9-4-10-28-11-13-29(14-12-28)22-16-20(24(31)32)19-15-18(7-8-21(19)27-22)26-23(30)17-5-2-1-3-6-17/h1-3,5-8,15-16H,4,10-14H2,(H,26,30)(H,31,32). The van der Waals surface area contributed by atoms with Crippen LogP contribution in [0.15, 0.2) is 54.6 Å². The Labute approximate surface area is 185 Å². The van der Waals surface area contributed by atoms with Crippen molar-refractivity contribution in [2.75, 3.05) is 42.9 Å². The Bertz CT molecular complexity index is 1180. The summed E-state index contributed by atoms with van der Waals surface area (Å²) in [4.78, 5) is 33.4. The third kappa shape index (κ3) is 4.68. The van der Waals surface area contributed by atoms with E-state index in [0.29, 0.717) is 47.5 Å². The van der Waals surface area contributed by atoms with E-state index in [1.807, 2.05) is 6.07 Å². The topological polar surface area (TPSA) is 110 Å². The molecule has 4 rings (SSSR count). The number of aromatic carboxylic acids is 1. The maximum absolute atomic E-state index is 12.5. The van der Waals surface area contributed by atoms with Crippen molar-refractivity contribution in [1.29, 1.82) is 5.26 Å². The van der Waals surface area contributed by atoms with Crippen LogP contribution in [0.4, 0.5) is 11.5 Å². The van der Waals surface area contributed by atoms with Crippen molar-refractivity contribution < 1.29 is 14.7 Å². The van der Waals surface area contributed by atoms with E-state index in [-0.39, 0.29) is 11.5 Å². The average Bonchev–Trinajstić information content (AvgIpc) is 2.82. The summed E-state index contributed by atoms with van der Waals surface area (Å²) >= 11 is 0. The minimum absolute atomic E-state index is 0.146. The molecule has 1 aromatic heterocycles. The fourth-order valence-electron chi connectivity index (χ4n) is 3.83. The fourth-order valence-corrected chi connectivity index (χ4v) is 3.83. The number of pyridine rings is 1. The number of hydrogen-bond donors (Lipinski definition) is 2. The van der Waals surface area contributed by atoms with Gasteiger partial charge in [0, 0.05) is 55.8 Å². The van der Waals surface area contributed by atoms with Gasteiger partial charge in [0.25, 0.3) is 5.91 Å². The van der Waals surface area contributed by atoms with Gasteiger partial charge in [-0.3, -0.25) is 9.69 Å². The summed E-state index contributed by atoms with van der Waals surface area (Å²) in [6.45, 7) is 3.78. The molecule has 8 nitrogen and oxygen atoms in total. The molecule has 0 bridgehead atoms. The first kappa shape index (κ1) is 21.3. The molecular formula is C24H23N5O3. The lowest BCUT2D eigenvalue weighted by molar-refractivity contribution is 0.0698. The fraction of sp³-hybridized carbons (Fsp3) is 0.250. The number of aromatic nitrogens is 1. The van der Waals surface area contributed by atoms with E-state index in [0.717, 1.165) is 19.6 Å². The van der Waals surface area contributed by atoms with Crippen molar-refractivity contribution in [3.05, 3.63) is 65.7 Å². The molecular weight excluding hydrogens is 406 g/mol. The lowest BCUT2D eigenvalue weighted by Gasteiger charge is -2.35. The average molecular weight is 429 g/mol. The molecule has 0 radical (unpaired) electrons. The number of nitrogens with one attached hydrogen (secondary N) is 1. The number of piperazine rings is 1. The van der Waals surface area contributed by atoms with Gasteiger partial charge in [0.2, 0.25) is 0 Å². The first-order valence-corrected chi connectivity index (χ1v) is 10.4. The zero-order valence-electron chi connectivity index (χ0n) is 17.5. The molecule has 0 unspecified atom stereocenters. The molecule has 2 N–H and O–H groups in total. The van der Waals surface area contributed by atoms with E-state index in [2.05, 4.69) is 26.2 Å². The predicted molar refractivity (Wildman–Crippen MR) is 122 cm³/mol. The number of fused-ring (bicyclic) bond motifs is 1. The van der Waals surface area contributed by atoms with E-state index in [9.17, 15) is 14.7 Å². The lowest BCUT2D eigenvalue weighted by atomic mass is 10.1. The Kier molecular flexibility index (Phi) is 6.29. The largest absolute Gasteiger partial charge is 0.478 e. The second-order valence-corrected chi connectivity index (χ2v) is 7.62. The number of amides is 1. The number of carboxylic acids is 1. The van der Waals surface area contributed by atoms with Gasteiger partial charge >= 0.3 is 5.97 Å². The molecule has 2 aromatic carbocycles. The second kappa shape index (κ2) is 9.45. The number of benzene rings is 2. The van der Waals surface area contributed by atoms with Gasteiger partial charge in [0.1, 0.15) is 5.82 Å². The van der Waals surface area contributed by atoms with Crippen molar-refractivity contribution in [2.45, 2.75) is 6.42 Å². The molecule has 0 atom stereocenters. The van der Waals surface area contributed by atoms with Crippen LogP contribution in [-0.2, 0) is 0 Å². The summed E-state index contributed by atoms with van der Waals surface area (Å²) in [5.74, 6) is -0.686. The van der Waals surface area contributed by atoms with Crippen LogP contribution in [0.5, 0.6) is 0 Å². The molecule has 1 amide bonds. The summed E-state index contributed by atoms with van der Waals surface area (Å²) in [6, 6.07) is 17.7. The Morgan fingerprint density at radius 2 is 1.81 bits per heavy atom. The van der Waals surface area contributed by atoms with Gasteiger partial charge in [-0.2, -0.15) is 5.26 Å². The van der Waals surface area contributed by atoms with Gasteiger partial charge in [-0.15, -0.1) is 0 Å². The van der Waals surface area contributed by atoms with Gasteiger partial charge in [-0.05, 0) is 36.4 Å². The van der Waals surface area contributed by atoms with E-state index in [4.69, 9.17) is 5.26 Å². The number of carboxylic acid groups (broad SMARTS) is 1. The van der Waals surface area contributed by atoms with E-state index in [1.165, 1.54) is 0 Å². The summed E-state index contributed by atoms with van der Waals surface area (Å²) in [7, 11) is 0. The van der Waals surface area contributed by atoms with Crippen LogP contribution < -0.4 is 10.2 Å². The van der Waals surface area contributed by atoms with Crippen molar-refractivity contribution in [3.8, 4) is 6.07 Å². The molecule has 1 fully saturated rings. The zero-order chi connectivity index (χ0) is 22.5. The van der Waals surface area contributed by atoms with Crippen LogP contribution in [0.25, 0.3) is 10.9 Å². The molecule has 162 valence electrons. The number of nitrogens with zero attached hydrogens (tertiary/aromatic N) is 4. The van der Waals surface area contributed by atoms with Gasteiger partial charge in [0.15, 0.2) is 0 Å².